The molecule has 0 aromatic carbocycles. The van der Waals surface area contributed by atoms with Gasteiger partial charge in [0.2, 0.25) is 5.91 Å². The van der Waals surface area contributed by atoms with Gasteiger partial charge in [-0.1, -0.05) is 13.8 Å². The van der Waals surface area contributed by atoms with Crippen molar-refractivity contribution >= 4 is 34.2 Å². The van der Waals surface area contributed by atoms with Crippen molar-refractivity contribution in [3.05, 3.63) is 33.2 Å². The summed E-state index contributed by atoms with van der Waals surface area (Å²) < 4.78 is 2.12. The van der Waals surface area contributed by atoms with Crippen LogP contribution in [0.15, 0.2) is 27.6 Å². The molecule has 0 fully saturated rings. The van der Waals surface area contributed by atoms with Crippen LogP contribution in [0, 0.1) is 0 Å². The summed E-state index contributed by atoms with van der Waals surface area (Å²) in [6.45, 7) is 4.41. The molecule has 20 heavy (non-hydrogen) atoms. The largest absolute Gasteiger partial charge is 0.353 e. The first-order valence-corrected chi connectivity index (χ1v) is 7.11. The molecule has 1 amide bonds. The number of hydrogen-bond donors (Lipinski definition) is 2. The lowest BCUT2D eigenvalue weighted by atomic mass is 9.94. The number of nitrogens with zero attached hydrogens (tertiary/aromatic N) is 1. The van der Waals surface area contributed by atoms with Crippen LogP contribution in [0.4, 0.5) is 0 Å². The molecule has 3 N–H and O–H groups in total. The minimum atomic E-state index is -0.377. The second-order valence-electron chi connectivity index (χ2n) is 4.66. The summed E-state index contributed by atoms with van der Waals surface area (Å²) in [5, 5.41) is 2.78. The Morgan fingerprint density at radius 2 is 2.00 bits per heavy atom. The average molecular weight is 367 g/mol. The first-order valence-electron chi connectivity index (χ1n) is 6.32. The number of halogens is 2. The van der Waals surface area contributed by atoms with Crippen LogP contribution in [0.2, 0.25) is 0 Å². The second-order valence-corrected chi connectivity index (χ2v) is 5.58. The van der Waals surface area contributed by atoms with Gasteiger partial charge < -0.3 is 15.6 Å². The Morgan fingerprint density at radius 1 is 1.40 bits per heavy atom. The molecule has 0 aliphatic carbocycles. The van der Waals surface area contributed by atoms with Crippen molar-refractivity contribution in [3.63, 3.8) is 0 Å². The van der Waals surface area contributed by atoms with Crippen molar-refractivity contribution < 1.29 is 4.79 Å². The van der Waals surface area contributed by atoms with Gasteiger partial charge in [-0.25, -0.2) is 0 Å². The Morgan fingerprint density at radius 3 is 2.55 bits per heavy atom. The molecule has 0 radical (unpaired) electrons. The molecule has 0 aliphatic heterocycles. The number of carbonyl (C=O) groups is 1. The van der Waals surface area contributed by atoms with Crippen LogP contribution in [0.1, 0.15) is 26.7 Å². The van der Waals surface area contributed by atoms with E-state index >= 15 is 0 Å². The molecule has 114 valence electrons. The number of amides is 1. The predicted octanol–water partition coefficient (Wildman–Crippen LogP) is 1.67. The van der Waals surface area contributed by atoms with E-state index in [4.69, 9.17) is 5.73 Å². The number of nitrogens with two attached hydrogens (primary N) is 1. The molecule has 0 spiro atoms. The maximum absolute atomic E-state index is 11.8. The fraction of sp³-hybridized carbons (Fsp3) is 0.538. The van der Waals surface area contributed by atoms with Gasteiger partial charge in [0.25, 0.3) is 5.56 Å². The molecule has 5 nitrogen and oxygen atoms in total. The number of pyridine rings is 1. The highest BCUT2D eigenvalue weighted by Gasteiger charge is 2.20. The van der Waals surface area contributed by atoms with Crippen molar-refractivity contribution in [1.82, 2.24) is 9.88 Å². The summed E-state index contributed by atoms with van der Waals surface area (Å²) in [5.74, 6) is -0.211. The summed E-state index contributed by atoms with van der Waals surface area (Å²) in [6.07, 6.45) is 3.18. The summed E-state index contributed by atoms with van der Waals surface area (Å²) in [6, 6.07) is 3.07. The maximum Gasteiger partial charge on any atom is 0.251 e. The van der Waals surface area contributed by atoms with Gasteiger partial charge in [-0.3, -0.25) is 9.59 Å². The number of carbonyl (C=O) groups excluding carboxylic acids is 1. The van der Waals surface area contributed by atoms with E-state index in [9.17, 15) is 9.59 Å². The third kappa shape index (κ3) is 5.64. The van der Waals surface area contributed by atoms with Crippen LogP contribution in [0.5, 0.6) is 0 Å². The van der Waals surface area contributed by atoms with Gasteiger partial charge in [0, 0.05) is 28.8 Å². The molecule has 7 heteroatoms. The Hall–Kier alpha value is -0.850. The van der Waals surface area contributed by atoms with E-state index in [0.717, 1.165) is 17.3 Å². The van der Waals surface area contributed by atoms with E-state index in [-0.39, 0.29) is 36.0 Å². The lowest BCUT2D eigenvalue weighted by molar-refractivity contribution is -0.122. The quantitative estimate of drug-likeness (QED) is 0.804. The van der Waals surface area contributed by atoms with Crippen LogP contribution < -0.4 is 16.6 Å². The number of aromatic nitrogens is 1. The molecule has 0 atom stereocenters. The number of rotatable bonds is 6. The van der Waals surface area contributed by atoms with Crippen molar-refractivity contribution in [1.29, 1.82) is 0 Å². The number of hydrogen-bond acceptors (Lipinski definition) is 3. The molecule has 0 unspecified atom stereocenters. The van der Waals surface area contributed by atoms with Gasteiger partial charge in [0.15, 0.2) is 0 Å². The highest BCUT2D eigenvalue weighted by molar-refractivity contribution is 9.10. The average Bonchev–Trinajstić information content (AvgIpc) is 2.40. The minimum absolute atomic E-state index is 0. The van der Waals surface area contributed by atoms with Gasteiger partial charge in [-0.15, -0.1) is 12.4 Å². The monoisotopic (exact) mass is 365 g/mol. The van der Waals surface area contributed by atoms with Crippen LogP contribution in [-0.2, 0) is 11.3 Å². The van der Waals surface area contributed by atoms with E-state index in [1.807, 2.05) is 13.8 Å². The smallest absolute Gasteiger partial charge is 0.251 e. The topological polar surface area (TPSA) is 77.1 Å². The van der Waals surface area contributed by atoms with Gasteiger partial charge in [0.1, 0.15) is 6.54 Å². The third-order valence-electron chi connectivity index (χ3n) is 3.31. The lowest BCUT2D eigenvalue weighted by Gasteiger charge is -2.26. The van der Waals surface area contributed by atoms with Crippen LogP contribution in [0.25, 0.3) is 0 Å². The minimum Gasteiger partial charge on any atom is -0.353 e. The maximum atomic E-state index is 11.8. The van der Waals surface area contributed by atoms with Gasteiger partial charge in [-0.05, 0) is 34.8 Å². The molecule has 1 aromatic rings. The highest BCUT2D eigenvalue weighted by Crippen LogP contribution is 2.09. The SMILES string of the molecule is CCC(N)(CC)CNC(=O)Cn1cc(Br)ccc1=O.Cl. The predicted molar refractivity (Wildman–Crippen MR) is 86.2 cm³/mol. The summed E-state index contributed by atoms with van der Waals surface area (Å²) in [7, 11) is 0. The summed E-state index contributed by atoms with van der Waals surface area (Å²) >= 11 is 3.27. The molecule has 1 aromatic heterocycles. The first-order chi connectivity index (χ1) is 8.90. The fourth-order valence-electron chi connectivity index (χ4n) is 1.61. The Labute approximate surface area is 133 Å². The van der Waals surface area contributed by atoms with Gasteiger partial charge in [-0.2, -0.15) is 0 Å². The standard InChI is InChI=1S/C13H20BrN3O2.ClH/c1-3-13(15,4-2)9-16-11(18)8-17-7-10(14)5-6-12(17)19;/h5-7H,3-4,8-9,15H2,1-2H3,(H,16,18);1H. The molecule has 0 aliphatic rings. The molecule has 1 heterocycles. The second kappa shape index (κ2) is 8.44. The lowest BCUT2D eigenvalue weighted by Crippen LogP contribution is -2.50. The zero-order chi connectivity index (χ0) is 14.5. The summed E-state index contributed by atoms with van der Waals surface area (Å²) in [4.78, 5) is 23.4. The Balaban J connectivity index is 0.00000361. The molecule has 0 bridgehead atoms. The van der Waals surface area contributed by atoms with Crippen molar-refractivity contribution in [3.8, 4) is 0 Å². The highest BCUT2D eigenvalue weighted by atomic mass is 79.9. The summed E-state index contributed by atoms with van der Waals surface area (Å²) in [5.41, 5.74) is 5.52. The van der Waals surface area contributed by atoms with Crippen molar-refractivity contribution in [2.45, 2.75) is 38.8 Å². The van der Waals surface area contributed by atoms with E-state index in [1.165, 1.54) is 10.6 Å². The molecular weight excluding hydrogens is 346 g/mol. The van der Waals surface area contributed by atoms with Crippen LogP contribution in [0.3, 0.4) is 0 Å². The van der Waals surface area contributed by atoms with Crippen LogP contribution in [-0.4, -0.2) is 22.6 Å². The Bertz CT molecular complexity index is 501. The molecular formula is C13H21BrClN3O2. The van der Waals surface area contributed by atoms with Crippen LogP contribution >= 0.6 is 28.3 Å². The molecule has 1 rings (SSSR count). The van der Waals surface area contributed by atoms with Gasteiger partial charge >= 0.3 is 0 Å². The normalized spacial score (nSPS) is 10.8. The molecule has 0 saturated heterocycles. The van der Waals surface area contributed by atoms with E-state index < -0.39 is 0 Å². The fourth-order valence-corrected chi connectivity index (χ4v) is 1.99. The number of nitrogens with one attached hydrogen (secondary N) is 1. The molecule has 0 saturated carbocycles. The Kier molecular flexibility index (Phi) is 8.08. The third-order valence-corrected chi connectivity index (χ3v) is 3.78. The van der Waals surface area contributed by atoms with Gasteiger partial charge in [0.05, 0.1) is 0 Å². The van der Waals surface area contributed by atoms with E-state index in [2.05, 4.69) is 21.2 Å². The van der Waals surface area contributed by atoms with Crippen molar-refractivity contribution in [2.75, 3.05) is 6.54 Å². The van der Waals surface area contributed by atoms with E-state index in [0.29, 0.717) is 6.54 Å². The van der Waals surface area contributed by atoms with E-state index in [1.54, 1.807) is 12.3 Å². The van der Waals surface area contributed by atoms with Crippen molar-refractivity contribution in [2.24, 2.45) is 5.73 Å². The first kappa shape index (κ1) is 19.1. The zero-order valence-electron chi connectivity index (χ0n) is 11.7. The zero-order valence-corrected chi connectivity index (χ0v) is 14.1.